The van der Waals surface area contributed by atoms with E-state index in [9.17, 15) is 4.79 Å². The van der Waals surface area contributed by atoms with Crippen LogP contribution in [0.25, 0.3) is 0 Å². The van der Waals surface area contributed by atoms with Crippen molar-refractivity contribution in [1.29, 1.82) is 0 Å². The van der Waals surface area contributed by atoms with Crippen LogP contribution in [0.1, 0.15) is 0 Å². The number of nitrogens with one attached hydrogen (secondary N) is 1. The maximum Gasteiger partial charge on any atom is 0.262 e. The van der Waals surface area contributed by atoms with Gasteiger partial charge in [-0.1, -0.05) is 45.2 Å². The zero-order valence-electron chi connectivity index (χ0n) is 10.2. The Hall–Kier alpha value is -1.23. The van der Waals surface area contributed by atoms with E-state index < -0.39 is 0 Å². The molecule has 3 nitrogen and oxygen atoms in total. The van der Waals surface area contributed by atoms with Gasteiger partial charge in [-0.25, -0.2) is 0 Å². The number of ether oxygens (including phenoxy) is 1. The van der Waals surface area contributed by atoms with E-state index in [-0.39, 0.29) is 12.5 Å². The zero-order chi connectivity index (χ0) is 14.5. The van der Waals surface area contributed by atoms with Crippen molar-refractivity contribution >= 4 is 50.7 Å². The molecule has 0 fully saturated rings. The second-order valence-corrected chi connectivity index (χ2v) is 5.59. The summed E-state index contributed by atoms with van der Waals surface area (Å²) in [5.74, 6) is 0.303. The zero-order valence-corrected chi connectivity index (χ0v) is 13.3. The molecule has 0 aromatic heterocycles. The Morgan fingerprint density at radius 3 is 2.55 bits per heavy atom. The first kappa shape index (κ1) is 15.2. The van der Waals surface area contributed by atoms with E-state index in [4.69, 9.17) is 27.9 Å². The molecule has 0 spiro atoms. The molecule has 0 aliphatic carbocycles. The molecule has 0 bridgehead atoms. The first-order valence-electron chi connectivity index (χ1n) is 5.68. The van der Waals surface area contributed by atoms with Gasteiger partial charge in [0.25, 0.3) is 5.91 Å². The van der Waals surface area contributed by atoms with Crippen LogP contribution in [-0.2, 0) is 4.79 Å². The number of anilines is 1. The number of carbonyl (C=O) groups is 1. The minimum absolute atomic E-state index is 0.107. The van der Waals surface area contributed by atoms with Gasteiger partial charge in [-0.2, -0.15) is 0 Å². The first-order valence-corrected chi connectivity index (χ1v) is 7.23. The predicted octanol–water partition coefficient (Wildman–Crippen LogP) is 4.77. The number of amides is 1. The van der Waals surface area contributed by atoms with Crippen LogP contribution in [0.15, 0.2) is 46.9 Å². The molecule has 1 N–H and O–H groups in total. The highest BCUT2D eigenvalue weighted by atomic mass is 79.9. The standard InChI is InChI=1S/C14H10BrCl2NO2/c15-9-4-6-10(7-5-9)20-8-13(19)18-12-3-1-2-11(16)14(12)17/h1-7H,8H2,(H,18,19). The van der Waals surface area contributed by atoms with E-state index in [2.05, 4.69) is 21.2 Å². The topological polar surface area (TPSA) is 38.3 Å². The first-order chi connectivity index (χ1) is 9.56. The maximum atomic E-state index is 11.8. The number of hydrogen-bond acceptors (Lipinski definition) is 2. The summed E-state index contributed by atoms with van der Waals surface area (Å²) >= 11 is 15.2. The van der Waals surface area contributed by atoms with Gasteiger partial charge in [-0.05, 0) is 36.4 Å². The molecule has 0 radical (unpaired) electrons. The second kappa shape index (κ2) is 6.97. The molecule has 0 saturated carbocycles. The minimum atomic E-state index is -0.308. The number of rotatable bonds is 4. The molecule has 2 rings (SSSR count). The molecule has 0 aliphatic rings. The smallest absolute Gasteiger partial charge is 0.262 e. The van der Waals surface area contributed by atoms with Gasteiger partial charge < -0.3 is 10.1 Å². The van der Waals surface area contributed by atoms with Crippen LogP contribution < -0.4 is 10.1 Å². The van der Waals surface area contributed by atoms with E-state index in [0.29, 0.717) is 21.5 Å². The van der Waals surface area contributed by atoms with Gasteiger partial charge in [-0.15, -0.1) is 0 Å². The van der Waals surface area contributed by atoms with Gasteiger partial charge in [0, 0.05) is 4.47 Å². The molecule has 0 saturated heterocycles. The molecular weight excluding hydrogens is 365 g/mol. The van der Waals surface area contributed by atoms with Crippen LogP contribution in [0, 0.1) is 0 Å². The summed E-state index contributed by atoms with van der Waals surface area (Å²) in [6.45, 7) is -0.107. The van der Waals surface area contributed by atoms with Crippen LogP contribution in [0.3, 0.4) is 0 Å². The van der Waals surface area contributed by atoms with E-state index in [1.807, 2.05) is 12.1 Å². The maximum absolute atomic E-state index is 11.8. The average molecular weight is 375 g/mol. The van der Waals surface area contributed by atoms with Crippen LogP contribution in [0.4, 0.5) is 5.69 Å². The molecule has 2 aromatic carbocycles. The summed E-state index contributed by atoms with van der Waals surface area (Å²) in [6.07, 6.45) is 0. The van der Waals surface area contributed by atoms with Crippen LogP contribution in [0.2, 0.25) is 10.0 Å². The van der Waals surface area contributed by atoms with Gasteiger partial charge in [-0.3, -0.25) is 4.79 Å². The second-order valence-electron chi connectivity index (χ2n) is 3.89. The van der Waals surface area contributed by atoms with Crippen LogP contribution >= 0.6 is 39.1 Å². The quantitative estimate of drug-likeness (QED) is 0.836. The molecule has 2 aromatic rings. The Bertz CT molecular complexity index is 617. The fourth-order valence-electron chi connectivity index (χ4n) is 1.47. The molecule has 0 aliphatic heterocycles. The monoisotopic (exact) mass is 373 g/mol. The molecule has 20 heavy (non-hydrogen) atoms. The van der Waals surface area contributed by atoms with Gasteiger partial charge >= 0.3 is 0 Å². The van der Waals surface area contributed by atoms with Crippen LogP contribution in [-0.4, -0.2) is 12.5 Å². The minimum Gasteiger partial charge on any atom is -0.484 e. The van der Waals surface area contributed by atoms with Crippen molar-refractivity contribution in [2.75, 3.05) is 11.9 Å². The third-order valence-electron chi connectivity index (χ3n) is 2.41. The number of hydrogen-bond donors (Lipinski definition) is 1. The number of carbonyl (C=O) groups excluding carboxylic acids is 1. The highest BCUT2D eigenvalue weighted by molar-refractivity contribution is 9.10. The van der Waals surface area contributed by atoms with Crippen molar-refractivity contribution < 1.29 is 9.53 Å². The Morgan fingerprint density at radius 2 is 1.85 bits per heavy atom. The van der Waals surface area contributed by atoms with Crippen molar-refractivity contribution in [2.45, 2.75) is 0 Å². The normalized spacial score (nSPS) is 10.2. The molecule has 104 valence electrons. The van der Waals surface area contributed by atoms with Crippen molar-refractivity contribution in [2.24, 2.45) is 0 Å². The highest BCUT2D eigenvalue weighted by Crippen LogP contribution is 2.29. The lowest BCUT2D eigenvalue weighted by Crippen LogP contribution is -2.20. The third-order valence-corrected chi connectivity index (χ3v) is 3.76. The summed E-state index contributed by atoms with van der Waals surface area (Å²) in [5.41, 5.74) is 0.462. The van der Waals surface area contributed by atoms with Crippen molar-refractivity contribution in [3.8, 4) is 5.75 Å². The fourth-order valence-corrected chi connectivity index (χ4v) is 2.08. The third kappa shape index (κ3) is 4.13. The Morgan fingerprint density at radius 1 is 1.15 bits per heavy atom. The van der Waals surface area contributed by atoms with E-state index in [0.717, 1.165) is 4.47 Å². The summed E-state index contributed by atoms with van der Waals surface area (Å²) in [6, 6.07) is 12.2. The number of benzene rings is 2. The Kier molecular flexibility index (Phi) is 5.29. The SMILES string of the molecule is O=C(COc1ccc(Br)cc1)Nc1cccc(Cl)c1Cl. The lowest BCUT2D eigenvalue weighted by molar-refractivity contribution is -0.118. The van der Waals surface area contributed by atoms with E-state index in [1.165, 1.54) is 0 Å². The number of halogens is 3. The van der Waals surface area contributed by atoms with Gasteiger partial charge in [0.1, 0.15) is 5.75 Å². The summed E-state index contributed by atoms with van der Waals surface area (Å²) < 4.78 is 6.30. The average Bonchev–Trinajstić information content (AvgIpc) is 2.43. The molecule has 6 heteroatoms. The van der Waals surface area contributed by atoms with Crippen molar-refractivity contribution in [1.82, 2.24) is 0 Å². The van der Waals surface area contributed by atoms with Crippen molar-refractivity contribution in [3.63, 3.8) is 0 Å². The van der Waals surface area contributed by atoms with Gasteiger partial charge in [0.05, 0.1) is 15.7 Å². The van der Waals surface area contributed by atoms with Gasteiger partial charge in [0.2, 0.25) is 0 Å². The fraction of sp³-hybridized carbons (Fsp3) is 0.0714. The summed E-state index contributed by atoms with van der Waals surface area (Å²) in [7, 11) is 0. The largest absolute Gasteiger partial charge is 0.484 e. The van der Waals surface area contributed by atoms with Crippen LogP contribution in [0.5, 0.6) is 5.75 Å². The molecule has 0 atom stereocenters. The summed E-state index contributed by atoms with van der Waals surface area (Å²) in [5, 5.41) is 3.34. The summed E-state index contributed by atoms with van der Waals surface area (Å²) in [4.78, 5) is 11.8. The lowest BCUT2D eigenvalue weighted by Gasteiger charge is -2.09. The molecule has 1 amide bonds. The molecule has 0 unspecified atom stereocenters. The highest BCUT2D eigenvalue weighted by Gasteiger charge is 2.08. The van der Waals surface area contributed by atoms with Gasteiger partial charge in [0.15, 0.2) is 6.61 Å². The predicted molar refractivity (Wildman–Crippen MR) is 84.7 cm³/mol. The Labute approximate surface area is 135 Å². The van der Waals surface area contributed by atoms with E-state index in [1.54, 1.807) is 30.3 Å². The lowest BCUT2D eigenvalue weighted by atomic mass is 10.3. The van der Waals surface area contributed by atoms with Crippen molar-refractivity contribution in [3.05, 3.63) is 57.0 Å². The molecule has 0 heterocycles. The Balaban J connectivity index is 1.92. The molecular formula is C14H10BrCl2NO2. The van der Waals surface area contributed by atoms with E-state index >= 15 is 0 Å².